The predicted octanol–water partition coefficient (Wildman–Crippen LogP) is 2.25. The summed E-state index contributed by atoms with van der Waals surface area (Å²) in [5.74, 6) is 1.96. The lowest BCUT2D eigenvalue weighted by molar-refractivity contribution is 0.203. The van der Waals surface area contributed by atoms with Gasteiger partial charge >= 0.3 is 0 Å². The Hall–Kier alpha value is -1.28. The van der Waals surface area contributed by atoms with E-state index < -0.39 is 0 Å². The molecule has 0 unspecified atom stereocenters. The molecule has 1 aromatic rings. The van der Waals surface area contributed by atoms with Crippen molar-refractivity contribution in [3.63, 3.8) is 0 Å². The van der Waals surface area contributed by atoms with Gasteiger partial charge in [-0.15, -0.1) is 10.2 Å². The highest BCUT2D eigenvalue weighted by molar-refractivity contribution is 7.98. The van der Waals surface area contributed by atoms with Gasteiger partial charge < -0.3 is 19.9 Å². The van der Waals surface area contributed by atoms with Gasteiger partial charge in [0.15, 0.2) is 11.1 Å². The van der Waals surface area contributed by atoms with Crippen molar-refractivity contribution in [1.29, 1.82) is 0 Å². The summed E-state index contributed by atoms with van der Waals surface area (Å²) in [5.41, 5.74) is 0. The van der Waals surface area contributed by atoms with Crippen LogP contribution in [0.25, 0.3) is 0 Å². The van der Waals surface area contributed by atoms with Crippen molar-refractivity contribution in [3.8, 4) is 0 Å². The van der Waals surface area contributed by atoms with Crippen LogP contribution in [0.3, 0.4) is 0 Å². The lowest BCUT2D eigenvalue weighted by Crippen LogP contribution is -2.39. The molecule has 1 saturated carbocycles. The summed E-state index contributed by atoms with van der Waals surface area (Å²) < 4.78 is 7.44. The summed E-state index contributed by atoms with van der Waals surface area (Å²) >= 11 is 1.69. The van der Waals surface area contributed by atoms with Crippen LogP contribution >= 0.6 is 11.8 Å². The molecule has 25 heavy (non-hydrogen) atoms. The third-order valence-corrected chi connectivity index (χ3v) is 5.02. The van der Waals surface area contributed by atoms with Crippen molar-refractivity contribution >= 4 is 17.7 Å². The minimum atomic E-state index is 0.587. The first-order valence-electron chi connectivity index (χ1n) is 9.29. The highest BCUT2D eigenvalue weighted by Gasteiger charge is 2.23. The second kappa shape index (κ2) is 11.4. The number of methoxy groups -OCH3 is 1. The molecule has 0 atom stereocenters. The molecule has 2 rings (SSSR count). The van der Waals surface area contributed by atoms with Crippen LogP contribution in [0.1, 0.15) is 50.9 Å². The van der Waals surface area contributed by atoms with Gasteiger partial charge in [0.25, 0.3) is 0 Å². The van der Waals surface area contributed by atoms with Gasteiger partial charge in [-0.05, 0) is 32.4 Å². The van der Waals surface area contributed by atoms with Crippen molar-refractivity contribution in [2.24, 2.45) is 4.99 Å². The van der Waals surface area contributed by atoms with Gasteiger partial charge in [0.05, 0.1) is 6.61 Å². The lowest BCUT2D eigenvalue weighted by atomic mass is 10.2. The van der Waals surface area contributed by atoms with Crippen LogP contribution in [0, 0.1) is 0 Å². The molecule has 0 saturated heterocycles. The monoisotopic (exact) mass is 368 g/mol. The van der Waals surface area contributed by atoms with Gasteiger partial charge in [0.2, 0.25) is 0 Å². The number of guanidine groups is 1. The Kier molecular flexibility index (Phi) is 9.10. The molecule has 1 aliphatic carbocycles. The zero-order chi connectivity index (χ0) is 17.9. The Morgan fingerprint density at radius 2 is 2.12 bits per heavy atom. The van der Waals surface area contributed by atoms with E-state index in [-0.39, 0.29) is 0 Å². The van der Waals surface area contributed by atoms with Gasteiger partial charge in [-0.2, -0.15) is 0 Å². The summed E-state index contributed by atoms with van der Waals surface area (Å²) in [4.78, 5) is 4.63. The van der Waals surface area contributed by atoms with Gasteiger partial charge in [0, 0.05) is 39.2 Å². The zero-order valence-electron chi connectivity index (χ0n) is 15.8. The first kappa shape index (κ1) is 20.0. The fourth-order valence-corrected chi connectivity index (χ4v) is 3.76. The van der Waals surface area contributed by atoms with Crippen LogP contribution < -0.4 is 10.6 Å². The van der Waals surface area contributed by atoms with E-state index in [1.165, 1.54) is 25.7 Å². The van der Waals surface area contributed by atoms with E-state index in [0.29, 0.717) is 12.6 Å². The number of hydrogen-bond acceptors (Lipinski definition) is 5. The molecule has 0 radical (unpaired) electrons. The van der Waals surface area contributed by atoms with Crippen molar-refractivity contribution < 1.29 is 4.74 Å². The molecule has 142 valence electrons. The smallest absolute Gasteiger partial charge is 0.191 e. The molecular weight excluding hydrogens is 336 g/mol. The number of ether oxygens (including phenoxy) is 1. The number of aromatic nitrogens is 3. The molecule has 1 fully saturated rings. The highest BCUT2D eigenvalue weighted by atomic mass is 32.2. The quantitative estimate of drug-likeness (QED) is 0.285. The van der Waals surface area contributed by atoms with Gasteiger partial charge in [-0.1, -0.05) is 24.6 Å². The van der Waals surface area contributed by atoms with Crippen LogP contribution in [-0.2, 0) is 11.2 Å². The van der Waals surface area contributed by atoms with E-state index >= 15 is 0 Å². The second-order valence-electron chi connectivity index (χ2n) is 6.19. The summed E-state index contributed by atoms with van der Waals surface area (Å²) in [7, 11) is 1.70. The number of nitrogens with one attached hydrogen (secondary N) is 2. The Morgan fingerprint density at radius 3 is 2.80 bits per heavy atom. The molecule has 0 aromatic carbocycles. The molecule has 1 aliphatic rings. The molecular formula is C17H32N6OS. The van der Waals surface area contributed by atoms with Gasteiger partial charge in [-0.3, -0.25) is 4.99 Å². The van der Waals surface area contributed by atoms with Gasteiger partial charge in [0.1, 0.15) is 5.82 Å². The Morgan fingerprint density at radius 1 is 1.32 bits per heavy atom. The van der Waals surface area contributed by atoms with E-state index in [9.17, 15) is 0 Å². The summed E-state index contributed by atoms with van der Waals surface area (Å²) in [6.07, 6.45) is 9.12. The number of rotatable bonds is 10. The molecule has 0 bridgehead atoms. The number of aliphatic imine (C=N–C) groups is 1. The average molecular weight is 369 g/mol. The minimum Gasteiger partial charge on any atom is -0.383 e. The molecule has 2 N–H and O–H groups in total. The number of hydrogen-bond donors (Lipinski definition) is 2. The Balaban J connectivity index is 1.87. The largest absolute Gasteiger partial charge is 0.383 e. The second-order valence-corrected chi connectivity index (χ2v) is 6.97. The predicted molar refractivity (Wildman–Crippen MR) is 103 cm³/mol. The maximum Gasteiger partial charge on any atom is 0.191 e. The van der Waals surface area contributed by atoms with Crippen LogP contribution in [0.5, 0.6) is 0 Å². The topological polar surface area (TPSA) is 76.4 Å². The third kappa shape index (κ3) is 6.18. The highest BCUT2D eigenvalue weighted by Crippen LogP contribution is 2.33. The third-order valence-electron chi connectivity index (χ3n) is 4.38. The molecule has 0 aliphatic heterocycles. The van der Waals surface area contributed by atoms with Crippen molar-refractivity contribution in [1.82, 2.24) is 25.4 Å². The average Bonchev–Trinajstić information content (AvgIpc) is 3.27. The summed E-state index contributed by atoms with van der Waals surface area (Å²) in [6.45, 7) is 5.13. The molecule has 0 amide bonds. The van der Waals surface area contributed by atoms with Gasteiger partial charge in [-0.25, -0.2) is 0 Å². The van der Waals surface area contributed by atoms with E-state index in [0.717, 1.165) is 49.4 Å². The Labute approximate surface area is 155 Å². The molecule has 0 spiro atoms. The maximum atomic E-state index is 5.06. The van der Waals surface area contributed by atoms with Crippen LogP contribution in [0.15, 0.2) is 10.1 Å². The maximum absolute atomic E-state index is 5.06. The molecule has 8 heteroatoms. The van der Waals surface area contributed by atoms with E-state index in [1.54, 1.807) is 18.9 Å². The first-order chi connectivity index (χ1) is 12.3. The van der Waals surface area contributed by atoms with Crippen LogP contribution in [-0.4, -0.2) is 60.3 Å². The molecule has 1 aromatic heterocycles. The number of nitrogens with zero attached hydrogens (tertiary/aromatic N) is 4. The van der Waals surface area contributed by atoms with Crippen molar-refractivity contribution in [3.05, 3.63) is 5.82 Å². The zero-order valence-corrected chi connectivity index (χ0v) is 16.6. The van der Waals surface area contributed by atoms with Crippen LogP contribution in [0.2, 0.25) is 0 Å². The van der Waals surface area contributed by atoms with E-state index in [4.69, 9.17) is 4.74 Å². The van der Waals surface area contributed by atoms with Crippen LogP contribution in [0.4, 0.5) is 0 Å². The fourth-order valence-electron chi connectivity index (χ4n) is 3.19. The summed E-state index contributed by atoms with van der Waals surface area (Å²) in [5, 5.41) is 16.4. The normalized spacial score (nSPS) is 15.7. The Bertz CT molecular complexity index is 527. The van der Waals surface area contributed by atoms with E-state index in [2.05, 4.69) is 43.6 Å². The summed E-state index contributed by atoms with van der Waals surface area (Å²) in [6, 6.07) is 0.587. The SMILES string of the molecule is CCNC(=NCCCc1nnc(SC)n1C1CCCC1)NCCOC. The van der Waals surface area contributed by atoms with Crippen molar-refractivity contribution in [2.75, 3.05) is 39.6 Å². The molecule has 7 nitrogen and oxygen atoms in total. The standard InChI is InChI=1S/C17H32N6OS/c1-4-18-16(20-12-13-24-2)19-11-7-10-15-21-22-17(25-3)23(15)14-8-5-6-9-14/h14H,4-13H2,1-3H3,(H2,18,19,20). The number of aryl methyl sites for hydroxylation is 1. The number of thioether (sulfide) groups is 1. The van der Waals surface area contributed by atoms with Crippen molar-refractivity contribution in [2.45, 2.75) is 56.6 Å². The molecule has 1 heterocycles. The fraction of sp³-hybridized carbons (Fsp3) is 0.824. The van der Waals surface area contributed by atoms with E-state index in [1.807, 2.05) is 0 Å². The first-order valence-corrected chi connectivity index (χ1v) is 10.5. The minimum absolute atomic E-state index is 0.587. The lowest BCUT2D eigenvalue weighted by Gasteiger charge is -2.16.